The number of morpholine rings is 1. The molecule has 0 atom stereocenters. The zero-order chi connectivity index (χ0) is 12.7. The molecule has 1 heterocycles. The molecule has 1 rings (SSSR count). The first-order valence-corrected chi connectivity index (χ1v) is 5.39. The topological polar surface area (TPSA) is 77.1 Å². The lowest BCUT2D eigenvalue weighted by Gasteiger charge is -2.26. The van der Waals surface area contributed by atoms with Crippen molar-refractivity contribution in [3.05, 3.63) is 0 Å². The lowest BCUT2D eigenvalue weighted by atomic mass is 10.4. The molecule has 0 aromatic rings. The van der Waals surface area contributed by atoms with E-state index < -0.39 is 18.1 Å². The van der Waals surface area contributed by atoms with Crippen LogP contribution in [0.15, 0.2) is 0 Å². The second-order valence-electron chi connectivity index (χ2n) is 3.52. The summed E-state index contributed by atoms with van der Waals surface area (Å²) < 4.78 is 14.9. The van der Waals surface area contributed by atoms with E-state index in [-0.39, 0.29) is 6.54 Å². The maximum absolute atomic E-state index is 11.7. The molecule has 0 bridgehead atoms. The van der Waals surface area contributed by atoms with Gasteiger partial charge < -0.3 is 24.4 Å². The van der Waals surface area contributed by atoms with Crippen LogP contribution in [0.4, 0.5) is 0 Å². The summed E-state index contributed by atoms with van der Waals surface area (Å²) in [6.45, 7) is 1.98. The molecule has 7 heteroatoms. The van der Waals surface area contributed by atoms with Crippen LogP contribution in [-0.2, 0) is 23.8 Å². The first-order chi connectivity index (χ1) is 8.19. The van der Waals surface area contributed by atoms with Crippen molar-refractivity contribution < 1.29 is 23.8 Å². The van der Waals surface area contributed by atoms with Crippen LogP contribution in [0.5, 0.6) is 0 Å². The number of nitrogens with zero attached hydrogens (tertiary/aromatic N) is 1. The number of carbonyl (C=O) groups is 2. The van der Waals surface area contributed by atoms with Gasteiger partial charge in [0.2, 0.25) is 0 Å². The average Bonchev–Trinajstić information content (AvgIpc) is 2.39. The smallest absolute Gasteiger partial charge is 0.312 e. The van der Waals surface area contributed by atoms with Gasteiger partial charge in [0.15, 0.2) is 6.29 Å². The van der Waals surface area contributed by atoms with Crippen molar-refractivity contribution in [2.45, 2.75) is 6.29 Å². The van der Waals surface area contributed by atoms with Crippen molar-refractivity contribution in [3.63, 3.8) is 0 Å². The minimum Gasteiger partial charge on any atom is -0.378 e. The maximum atomic E-state index is 11.7. The van der Waals surface area contributed by atoms with E-state index in [9.17, 15) is 9.59 Å². The maximum Gasteiger partial charge on any atom is 0.312 e. The van der Waals surface area contributed by atoms with Crippen molar-refractivity contribution in [2.75, 3.05) is 47.1 Å². The monoisotopic (exact) mass is 246 g/mol. The van der Waals surface area contributed by atoms with Crippen molar-refractivity contribution in [1.82, 2.24) is 10.2 Å². The fourth-order valence-corrected chi connectivity index (χ4v) is 1.42. The van der Waals surface area contributed by atoms with Gasteiger partial charge in [-0.25, -0.2) is 0 Å². The van der Waals surface area contributed by atoms with Gasteiger partial charge in [0.25, 0.3) is 0 Å². The Labute approximate surface area is 100.0 Å². The summed E-state index contributed by atoms with van der Waals surface area (Å²) >= 11 is 0. The number of carbonyl (C=O) groups excluding carboxylic acids is 2. The Morgan fingerprint density at radius 2 is 1.88 bits per heavy atom. The number of amides is 2. The molecule has 1 fully saturated rings. The zero-order valence-corrected chi connectivity index (χ0v) is 10.1. The molecule has 1 N–H and O–H groups in total. The molecule has 0 aromatic carbocycles. The fourth-order valence-electron chi connectivity index (χ4n) is 1.42. The van der Waals surface area contributed by atoms with Crippen molar-refractivity contribution >= 4 is 11.8 Å². The van der Waals surface area contributed by atoms with Gasteiger partial charge in [0.05, 0.1) is 19.8 Å². The van der Waals surface area contributed by atoms with Crippen LogP contribution >= 0.6 is 0 Å². The van der Waals surface area contributed by atoms with E-state index in [0.29, 0.717) is 26.3 Å². The summed E-state index contributed by atoms with van der Waals surface area (Å²) in [5.74, 6) is -1.19. The summed E-state index contributed by atoms with van der Waals surface area (Å²) in [7, 11) is 2.92. The molecular formula is C10H18N2O5. The molecule has 2 amide bonds. The molecule has 1 aliphatic rings. The molecule has 0 radical (unpaired) electrons. The van der Waals surface area contributed by atoms with Crippen LogP contribution in [0.2, 0.25) is 0 Å². The Hall–Kier alpha value is -1.18. The molecule has 0 unspecified atom stereocenters. The normalized spacial score (nSPS) is 16.1. The van der Waals surface area contributed by atoms with Crippen molar-refractivity contribution in [1.29, 1.82) is 0 Å². The molecule has 7 nitrogen and oxygen atoms in total. The minimum atomic E-state index is -0.647. The highest BCUT2D eigenvalue weighted by Gasteiger charge is 2.23. The van der Waals surface area contributed by atoms with Gasteiger partial charge in [-0.1, -0.05) is 0 Å². The Bertz CT molecular complexity index is 261. The van der Waals surface area contributed by atoms with E-state index >= 15 is 0 Å². The first-order valence-electron chi connectivity index (χ1n) is 5.39. The van der Waals surface area contributed by atoms with Crippen molar-refractivity contribution in [2.24, 2.45) is 0 Å². The van der Waals surface area contributed by atoms with Gasteiger partial charge in [0.1, 0.15) is 0 Å². The van der Waals surface area contributed by atoms with Gasteiger partial charge in [0, 0.05) is 27.3 Å². The predicted octanol–water partition coefficient (Wildman–Crippen LogP) is -1.42. The van der Waals surface area contributed by atoms with Gasteiger partial charge >= 0.3 is 11.8 Å². The number of methoxy groups -OCH3 is 2. The summed E-state index contributed by atoms with van der Waals surface area (Å²) in [4.78, 5) is 24.7. The van der Waals surface area contributed by atoms with Crippen molar-refractivity contribution in [3.8, 4) is 0 Å². The van der Waals surface area contributed by atoms with Gasteiger partial charge in [-0.2, -0.15) is 0 Å². The second-order valence-corrected chi connectivity index (χ2v) is 3.52. The van der Waals surface area contributed by atoms with Gasteiger partial charge in [-0.05, 0) is 0 Å². The minimum absolute atomic E-state index is 0.141. The van der Waals surface area contributed by atoms with E-state index in [2.05, 4.69) is 5.32 Å². The standard InChI is InChI=1S/C10H18N2O5/c1-15-8(16-2)7-11-9(13)10(14)12-3-5-17-6-4-12/h8H,3-7H2,1-2H3,(H,11,13). The van der Waals surface area contributed by atoms with Gasteiger partial charge in [-0.15, -0.1) is 0 Å². The lowest BCUT2D eigenvalue weighted by molar-refractivity contribution is -0.150. The Morgan fingerprint density at radius 3 is 2.41 bits per heavy atom. The zero-order valence-electron chi connectivity index (χ0n) is 10.1. The fraction of sp³-hybridized carbons (Fsp3) is 0.800. The van der Waals surface area contributed by atoms with Gasteiger partial charge in [-0.3, -0.25) is 9.59 Å². The molecule has 0 saturated carbocycles. The highest BCUT2D eigenvalue weighted by molar-refractivity contribution is 6.35. The molecule has 0 aromatic heterocycles. The molecule has 98 valence electrons. The van der Waals surface area contributed by atoms with E-state index in [1.54, 1.807) is 0 Å². The number of nitrogens with one attached hydrogen (secondary N) is 1. The summed E-state index contributed by atoms with van der Waals surface area (Å²) in [5.41, 5.74) is 0. The summed E-state index contributed by atoms with van der Waals surface area (Å²) in [6.07, 6.45) is -0.545. The molecule has 0 aliphatic carbocycles. The summed E-state index contributed by atoms with van der Waals surface area (Å²) in [6, 6.07) is 0. The van der Waals surface area contributed by atoms with E-state index in [1.807, 2.05) is 0 Å². The molecule has 0 spiro atoms. The third kappa shape index (κ3) is 4.29. The average molecular weight is 246 g/mol. The molecule has 1 saturated heterocycles. The Balaban J connectivity index is 2.33. The van der Waals surface area contributed by atoms with Crippen LogP contribution in [0, 0.1) is 0 Å². The number of rotatable bonds is 4. The van der Waals surface area contributed by atoms with Crippen LogP contribution in [0.3, 0.4) is 0 Å². The highest BCUT2D eigenvalue weighted by Crippen LogP contribution is 1.97. The second kappa shape index (κ2) is 7.21. The largest absolute Gasteiger partial charge is 0.378 e. The van der Waals surface area contributed by atoms with E-state index in [1.165, 1.54) is 19.1 Å². The highest BCUT2D eigenvalue weighted by atomic mass is 16.7. The molecule has 1 aliphatic heterocycles. The van der Waals surface area contributed by atoms with Crippen LogP contribution in [0.1, 0.15) is 0 Å². The Kier molecular flexibility index (Phi) is 5.88. The number of hydrogen-bond acceptors (Lipinski definition) is 5. The third-order valence-corrected chi connectivity index (χ3v) is 2.45. The quantitative estimate of drug-likeness (QED) is 0.486. The molecule has 17 heavy (non-hydrogen) atoms. The van der Waals surface area contributed by atoms with Crippen LogP contribution in [-0.4, -0.2) is 70.1 Å². The number of hydrogen-bond donors (Lipinski definition) is 1. The Morgan fingerprint density at radius 1 is 1.29 bits per heavy atom. The lowest BCUT2D eigenvalue weighted by Crippen LogP contribution is -2.49. The van der Waals surface area contributed by atoms with E-state index in [4.69, 9.17) is 14.2 Å². The van der Waals surface area contributed by atoms with Crippen LogP contribution < -0.4 is 5.32 Å². The molecular weight excluding hydrogens is 228 g/mol. The SMILES string of the molecule is COC(CNC(=O)C(=O)N1CCOCC1)OC. The van der Waals surface area contributed by atoms with Crippen LogP contribution in [0.25, 0.3) is 0 Å². The predicted molar refractivity (Wildman–Crippen MR) is 58.2 cm³/mol. The number of ether oxygens (including phenoxy) is 3. The first kappa shape index (κ1) is 13.9. The summed E-state index contributed by atoms with van der Waals surface area (Å²) in [5, 5.41) is 2.46. The van der Waals surface area contributed by atoms with E-state index in [0.717, 1.165) is 0 Å². The third-order valence-electron chi connectivity index (χ3n) is 2.45.